The first kappa shape index (κ1) is 15.8. The maximum Gasteiger partial charge on any atom is 0.235 e. The topological polar surface area (TPSA) is 42.0 Å². The molecule has 0 saturated heterocycles. The molecule has 1 heterocycles. The summed E-state index contributed by atoms with van der Waals surface area (Å²) in [5.41, 5.74) is 1.76. The molecule has 0 radical (unpaired) electrons. The molecule has 0 aliphatic heterocycles. The number of nitrogens with one attached hydrogen (secondary N) is 1. The highest BCUT2D eigenvalue weighted by Gasteiger charge is 2.42. The van der Waals surface area contributed by atoms with Gasteiger partial charge in [0.05, 0.1) is 10.9 Å². The molecule has 0 spiro atoms. The van der Waals surface area contributed by atoms with E-state index in [0.717, 1.165) is 47.8 Å². The third kappa shape index (κ3) is 2.88. The number of benzene rings is 2. The number of nitrogens with zero attached hydrogens (tertiary/aromatic N) is 1. The summed E-state index contributed by atoms with van der Waals surface area (Å²) in [6.07, 6.45) is 5.20. The number of carbonyl (C=O) groups excluding carboxylic acids is 1. The van der Waals surface area contributed by atoms with E-state index < -0.39 is 5.41 Å². The first-order chi connectivity index (χ1) is 12.2. The van der Waals surface area contributed by atoms with Gasteiger partial charge in [0.25, 0.3) is 0 Å². The molecule has 1 aliphatic carbocycles. The van der Waals surface area contributed by atoms with Gasteiger partial charge in [0, 0.05) is 17.3 Å². The number of amides is 1. The van der Waals surface area contributed by atoms with Crippen LogP contribution in [0.3, 0.4) is 0 Å². The number of hydrogen-bond donors (Lipinski definition) is 1. The Kier molecular flexibility index (Phi) is 3.96. The van der Waals surface area contributed by atoms with Crippen LogP contribution in [0.4, 0.5) is 10.1 Å². The van der Waals surface area contributed by atoms with Crippen LogP contribution in [-0.4, -0.2) is 10.9 Å². The SMILES string of the molecule is O=C(Nc1ccc2ncccc2c1)C1(c2cccc(F)c2)CCCC1. The van der Waals surface area contributed by atoms with E-state index in [4.69, 9.17) is 0 Å². The van der Waals surface area contributed by atoms with Gasteiger partial charge in [-0.25, -0.2) is 4.39 Å². The van der Waals surface area contributed by atoms with Gasteiger partial charge < -0.3 is 5.32 Å². The average Bonchev–Trinajstić information content (AvgIpc) is 3.13. The molecule has 4 heteroatoms. The first-order valence-electron chi connectivity index (χ1n) is 8.60. The van der Waals surface area contributed by atoms with Crippen molar-refractivity contribution in [2.45, 2.75) is 31.1 Å². The minimum Gasteiger partial charge on any atom is -0.325 e. The lowest BCUT2D eigenvalue weighted by molar-refractivity contribution is -0.121. The Balaban J connectivity index is 1.67. The second-order valence-corrected chi connectivity index (χ2v) is 6.66. The van der Waals surface area contributed by atoms with E-state index in [1.54, 1.807) is 12.3 Å². The Hall–Kier alpha value is -2.75. The lowest BCUT2D eigenvalue weighted by Crippen LogP contribution is -2.38. The van der Waals surface area contributed by atoms with Gasteiger partial charge in [0.15, 0.2) is 0 Å². The molecular weight excluding hydrogens is 315 g/mol. The van der Waals surface area contributed by atoms with Crippen molar-refractivity contribution in [3.8, 4) is 0 Å². The zero-order chi connectivity index (χ0) is 17.3. The normalized spacial score (nSPS) is 16.0. The first-order valence-corrected chi connectivity index (χ1v) is 8.60. The Morgan fingerprint density at radius 2 is 1.88 bits per heavy atom. The number of fused-ring (bicyclic) bond motifs is 1. The van der Waals surface area contributed by atoms with Gasteiger partial charge in [0.1, 0.15) is 5.82 Å². The van der Waals surface area contributed by atoms with Crippen molar-refractivity contribution in [1.29, 1.82) is 0 Å². The molecule has 3 nitrogen and oxygen atoms in total. The van der Waals surface area contributed by atoms with E-state index in [9.17, 15) is 9.18 Å². The summed E-state index contributed by atoms with van der Waals surface area (Å²) in [7, 11) is 0. The third-order valence-corrected chi connectivity index (χ3v) is 5.13. The zero-order valence-corrected chi connectivity index (χ0v) is 13.8. The monoisotopic (exact) mass is 334 g/mol. The van der Waals surface area contributed by atoms with E-state index in [1.165, 1.54) is 12.1 Å². The highest BCUT2D eigenvalue weighted by atomic mass is 19.1. The van der Waals surface area contributed by atoms with Gasteiger partial charge in [-0.2, -0.15) is 0 Å². The Labute approximate surface area is 145 Å². The predicted octanol–water partition coefficient (Wildman–Crippen LogP) is 4.82. The van der Waals surface area contributed by atoms with Gasteiger partial charge in [-0.1, -0.05) is 31.0 Å². The molecule has 2 aromatic carbocycles. The molecule has 0 atom stereocenters. The summed E-state index contributed by atoms with van der Waals surface area (Å²) in [5.74, 6) is -0.354. The van der Waals surface area contributed by atoms with E-state index in [2.05, 4.69) is 10.3 Å². The van der Waals surface area contributed by atoms with Crippen molar-refractivity contribution in [3.05, 3.63) is 72.2 Å². The lowest BCUT2D eigenvalue weighted by atomic mass is 9.78. The molecule has 1 amide bonds. The van der Waals surface area contributed by atoms with E-state index in [0.29, 0.717) is 0 Å². The van der Waals surface area contributed by atoms with Crippen LogP contribution in [0.2, 0.25) is 0 Å². The van der Waals surface area contributed by atoms with Gasteiger partial charge >= 0.3 is 0 Å². The van der Waals surface area contributed by atoms with Gasteiger partial charge in [-0.3, -0.25) is 9.78 Å². The molecule has 1 saturated carbocycles. The van der Waals surface area contributed by atoms with Crippen LogP contribution in [0.1, 0.15) is 31.2 Å². The van der Waals surface area contributed by atoms with Gasteiger partial charge in [-0.05, 0) is 54.8 Å². The van der Waals surface area contributed by atoms with E-state index in [-0.39, 0.29) is 11.7 Å². The third-order valence-electron chi connectivity index (χ3n) is 5.13. The molecule has 0 unspecified atom stereocenters. The van der Waals surface area contributed by atoms with Crippen molar-refractivity contribution in [1.82, 2.24) is 4.98 Å². The Bertz CT molecular complexity index is 932. The smallest absolute Gasteiger partial charge is 0.235 e. The maximum absolute atomic E-state index is 13.7. The fraction of sp³-hybridized carbons (Fsp3) is 0.238. The van der Waals surface area contributed by atoms with Crippen LogP contribution in [0.15, 0.2) is 60.8 Å². The van der Waals surface area contributed by atoms with Gasteiger partial charge in [0.2, 0.25) is 5.91 Å². The van der Waals surface area contributed by atoms with E-state index in [1.807, 2.05) is 36.4 Å². The summed E-state index contributed by atoms with van der Waals surface area (Å²) in [6.45, 7) is 0. The van der Waals surface area contributed by atoms with Crippen LogP contribution < -0.4 is 5.32 Å². The van der Waals surface area contributed by atoms with Crippen molar-refractivity contribution in [2.24, 2.45) is 0 Å². The van der Waals surface area contributed by atoms with Crippen LogP contribution >= 0.6 is 0 Å². The number of rotatable bonds is 3. The quantitative estimate of drug-likeness (QED) is 0.746. The second kappa shape index (κ2) is 6.28. The summed E-state index contributed by atoms with van der Waals surface area (Å²) in [6, 6.07) is 16.0. The molecule has 1 fully saturated rings. The van der Waals surface area contributed by atoms with Crippen LogP contribution in [-0.2, 0) is 10.2 Å². The lowest BCUT2D eigenvalue weighted by Gasteiger charge is -2.28. The van der Waals surface area contributed by atoms with Crippen molar-refractivity contribution < 1.29 is 9.18 Å². The molecule has 126 valence electrons. The molecule has 25 heavy (non-hydrogen) atoms. The highest BCUT2D eigenvalue weighted by Crippen LogP contribution is 2.42. The fourth-order valence-corrected chi connectivity index (χ4v) is 3.82. The maximum atomic E-state index is 13.7. The number of carbonyl (C=O) groups is 1. The predicted molar refractivity (Wildman–Crippen MR) is 96.9 cm³/mol. The van der Waals surface area contributed by atoms with Crippen molar-refractivity contribution in [3.63, 3.8) is 0 Å². The number of pyridine rings is 1. The highest BCUT2D eigenvalue weighted by molar-refractivity contribution is 6.00. The molecule has 1 aliphatic rings. The van der Waals surface area contributed by atoms with Crippen LogP contribution in [0.25, 0.3) is 10.9 Å². The van der Waals surface area contributed by atoms with Crippen molar-refractivity contribution in [2.75, 3.05) is 5.32 Å². The number of halogens is 1. The minimum atomic E-state index is -0.647. The second-order valence-electron chi connectivity index (χ2n) is 6.66. The van der Waals surface area contributed by atoms with Crippen LogP contribution in [0.5, 0.6) is 0 Å². The fourth-order valence-electron chi connectivity index (χ4n) is 3.82. The molecule has 3 aromatic rings. The van der Waals surface area contributed by atoms with Crippen molar-refractivity contribution >= 4 is 22.5 Å². The molecule has 4 rings (SSSR count). The van der Waals surface area contributed by atoms with Crippen LogP contribution in [0, 0.1) is 5.82 Å². The largest absolute Gasteiger partial charge is 0.325 e. The molecular formula is C21H19FN2O. The Morgan fingerprint density at radius 3 is 2.68 bits per heavy atom. The average molecular weight is 334 g/mol. The molecule has 1 aromatic heterocycles. The molecule has 0 bridgehead atoms. The minimum absolute atomic E-state index is 0.0566. The number of anilines is 1. The summed E-state index contributed by atoms with van der Waals surface area (Å²) >= 11 is 0. The zero-order valence-electron chi connectivity index (χ0n) is 13.8. The summed E-state index contributed by atoms with van der Waals surface area (Å²) in [4.78, 5) is 17.4. The number of hydrogen-bond acceptors (Lipinski definition) is 2. The summed E-state index contributed by atoms with van der Waals surface area (Å²) in [5, 5.41) is 4.02. The van der Waals surface area contributed by atoms with Gasteiger partial charge in [-0.15, -0.1) is 0 Å². The molecule has 1 N–H and O–H groups in total. The Morgan fingerprint density at radius 1 is 1.04 bits per heavy atom. The number of aromatic nitrogens is 1. The standard InChI is InChI=1S/C21H19FN2O/c22-17-7-3-6-16(14-17)21(10-1-2-11-21)20(25)24-18-8-9-19-15(13-18)5-4-12-23-19/h3-9,12-14H,1-2,10-11H2,(H,24,25). The summed E-state index contributed by atoms with van der Waals surface area (Å²) < 4.78 is 13.7. The van der Waals surface area contributed by atoms with E-state index >= 15 is 0 Å².